The topological polar surface area (TPSA) is 65.5 Å². The molecule has 41 heavy (non-hydrogen) atoms. The molecule has 0 unspecified atom stereocenters. The van der Waals surface area contributed by atoms with Gasteiger partial charge in [0.15, 0.2) is 0 Å². The largest absolute Gasteiger partial charge is 0.344 e. The maximum absolute atomic E-state index is 14.5. The monoisotopic (exact) mass is 576 g/mol. The first-order valence-corrected chi connectivity index (χ1v) is 16.3. The molecule has 1 N–H and O–H groups in total. The van der Waals surface area contributed by atoms with E-state index >= 15 is 0 Å². The summed E-state index contributed by atoms with van der Waals surface area (Å²) in [7, 11) is 0. The summed E-state index contributed by atoms with van der Waals surface area (Å²) in [5, 5.41) is 7.59. The normalized spacial score (nSPS) is 23.3. The average Bonchev–Trinajstić information content (AvgIpc) is 3.69. The van der Waals surface area contributed by atoms with Crippen molar-refractivity contribution in [1.29, 1.82) is 0 Å². The number of thiazole rings is 1. The van der Waals surface area contributed by atoms with Gasteiger partial charge in [0.05, 0.1) is 11.7 Å². The van der Waals surface area contributed by atoms with Gasteiger partial charge in [-0.1, -0.05) is 57.4 Å². The molecular formula is C33H41FN4O2S. The van der Waals surface area contributed by atoms with E-state index in [1.807, 2.05) is 42.3 Å². The molecule has 3 heterocycles. The molecule has 2 saturated heterocycles. The number of rotatable bonds is 7. The van der Waals surface area contributed by atoms with Crippen molar-refractivity contribution >= 4 is 33.9 Å². The van der Waals surface area contributed by atoms with Crippen LogP contribution in [0.2, 0.25) is 0 Å². The highest BCUT2D eigenvalue weighted by Gasteiger charge is 2.44. The van der Waals surface area contributed by atoms with Crippen LogP contribution in [0.4, 0.5) is 4.39 Å². The van der Waals surface area contributed by atoms with E-state index < -0.39 is 6.04 Å². The molecule has 4 atom stereocenters. The van der Waals surface area contributed by atoms with Crippen LogP contribution in [0.3, 0.4) is 0 Å². The average molecular weight is 577 g/mol. The molecule has 1 aromatic heterocycles. The smallest absolute Gasteiger partial charge is 0.246 e. The van der Waals surface area contributed by atoms with Crippen molar-refractivity contribution in [2.45, 2.75) is 83.3 Å². The van der Waals surface area contributed by atoms with Crippen LogP contribution in [0.1, 0.15) is 76.3 Å². The SMILES string of the molecule is CC[C@@H](C)C(=O)N[C@H](C(=O)N1C[C@H]2CCCN2C[C@H]1c1nc(-c2ccc(F)c3ccccc23)cs1)C1CCCCC1. The maximum atomic E-state index is 14.5. The van der Waals surface area contributed by atoms with Gasteiger partial charge in [-0.3, -0.25) is 14.5 Å². The summed E-state index contributed by atoms with van der Waals surface area (Å²) in [5.41, 5.74) is 1.71. The molecule has 2 aliphatic heterocycles. The molecule has 6 rings (SSSR count). The number of amides is 2. The van der Waals surface area contributed by atoms with Crippen molar-refractivity contribution in [3.05, 3.63) is 52.6 Å². The molecule has 0 radical (unpaired) electrons. The van der Waals surface area contributed by atoms with Crippen molar-refractivity contribution in [1.82, 2.24) is 20.1 Å². The van der Waals surface area contributed by atoms with Crippen LogP contribution >= 0.6 is 11.3 Å². The molecule has 1 aliphatic carbocycles. The van der Waals surface area contributed by atoms with Gasteiger partial charge >= 0.3 is 0 Å². The van der Waals surface area contributed by atoms with Crippen LogP contribution in [-0.4, -0.2) is 58.3 Å². The van der Waals surface area contributed by atoms with Gasteiger partial charge in [-0.25, -0.2) is 9.37 Å². The fourth-order valence-electron chi connectivity index (χ4n) is 7.03. The zero-order valence-corrected chi connectivity index (χ0v) is 25.0. The van der Waals surface area contributed by atoms with Gasteiger partial charge in [-0.05, 0) is 62.1 Å². The summed E-state index contributed by atoms with van der Waals surface area (Å²) in [5.74, 6) is -0.161. The van der Waals surface area contributed by atoms with Gasteiger partial charge in [-0.15, -0.1) is 11.3 Å². The predicted octanol–water partition coefficient (Wildman–Crippen LogP) is 6.56. The van der Waals surface area contributed by atoms with E-state index in [0.29, 0.717) is 18.0 Å². The fourth-order valence-corrected chi connectivity index (χ4v) is 7.95. The first kappa shape index (κ1) is 28.3. The zero-order valence-electron chi connectivity index (χ0n) is 24.2. The second kappa shape index (κ2) is 12.2. The lowest BCUT2D eigenvalue weighted by Gasteiger charge is -2.45. The van der Waals surface area contributed by atoms with Crippen LogP contribution in [0, 0.1) is 17.7 Å². The summed E-state index contributed by atoms with van der Waals surface area (Å²) < 4.78 is 14.5. The number of aromatic nitrogens is 1. The predicted molar refractivity (Wildman–Crippen MR) is 162 cm³/mol. The first-order chi connectivity index (χ1) is 19.9. The molecule has 0 spiro atoms. The van der Waals surface area contributed by atoms with E-state index in [2.05, 4.69) is 10.2 Å². The molecule has 0 bridgehead atoms. The summed E-state index contributed by atoms with van der Waals surface area (Å²) in [4.78, 5) is 37.3. The second-order valence-corrected chi connectivity index (χ2v) is 13.1. The highest BCUT2D eigenvalue weighted by Crippen LogP contribution is 2.38. The van der Waals surface area contributed by atoms with Gasteiger partial charge in [0, 0.05) is 41.4 Å². The Morgan fingerprint density at radius 1 is 1.05 bits per heavy atom. The van der Waals surface area contributed by atoms with Crippen LogP contribution in [0.5, 0.6) is 0 Å². The Morgan fingerprint density at radius 3 is 2.61 bits per heavy atom. The minimum atomic E-state index is -0.493. The van der Waals surface area contributed by atoms with E-state index in [1.54, 1.807) is 23.5 Å². The Kier molecular flexibility index (Phi) is 8.40. The fraction of sp³-hybridized carbons (Fsp3) is 0.545. The Morgan fingerprint density at radius 2 is 1.83 bits per heavy atom. The third kappa shape index (κ3) is 5.65. The van der Waals surface area contributed by atoms with E-state index in [1.165, 1.54) is 12.5 Å². The van der Waals surface area contributed by atoms with Crippen molar-refractivity contribution < 1.29 is 14.0 Å². The number of carbonyl (C=O) groups excluding carboxylic acids is 2. The number of nitrogens with zero attached hydrogens (tertiary/aromatic N) is 3. The van der Waals surface area contributed by atoms with E-state index in [9.17, 15) is 14.0 Å². The van der Waals surface area contributed by atoms with Gasteiger partial charge in [-0.2, -0.15) is 0 Å². The molecule has 8 heteroatoms. The molecule has 218 valence electrons. The number of hydrogen-bond acceptors (Lipinski definition) is 5. The lowest BCUT2D eigenvalue weighted by molar-refractivity contribution is -0.144. The van der Waals surface area contributed by atoms with Gasteiger partial charge in [0.25, 0.3) is 0 Å². The van der Waals surface area contributed by atoms with E-state index in [4.69, 9.17) is 4.98 Å². The van der Waals surface area contributed by atoms with E-state index in [-0.39, 0.29) is 35.5 Å². The van der Waals surface area contributed by atoms with Crippen LogP contribution in [-0.2, 0) is 9.59 Å². The summed E-state index contributed by atoms with van der Waals surface area (Å²) in [6.07, 6.45) is 8.34. The van der Waals surface area contributed by atoms with Crippen molar-refractivity contribution in [3.8, 4) is 11.3 Å². The highest BCUT2D eigenvalue weighted by molar-refractivity contribution is 7.10. The van der Waals surface area contributed by atoms with E-state index in [0.717, 1.165) is 79.7 Å². The third-order valence-corrected chi connectivity index (χ3v) is 10.6. The molecule has 2 aromatic carbocycles. The van der Waals surface area contributed by atoms with Crippen molar-refractivity contribution in [2.75, 3.05) is 19.6 Å². The minimum Gasteiger partial charge on any atom is -0.344 e. The number of hydrogen-bond donors (Lipinski definition) is 1. The molecule has 6 nitrogen and oxygen atoms in total. The molecule has 3 aliphatic rings. The highest BCUT2D eigenvalue weighted by atomic mass is 32.1. The van der Waals surface area contributed by atoms with Crippen LogP contribution in [0.15, 0.2) is 41.8 Å². The summed E-state index contributed by atoms with van der Waals surface area (Å²) >= 11 is 1.58. The quantitative estimate of drug-likeness (QED) is 0.346. The molecular weight excluding hydrogens is 535 g/mol. The number of piperazine rings is 1. The lowest BCUT2D eigenvalue weighted by Crippen LogP contribution is -2.60. The molecule has 3 aromatic rings. The van der Waals surface area contributed by atoms with Gasteiger partial charge in [0.1, 0.15) is 16.9 Å². The second-order valence-electron chi connectivity index (χ2n) is 12.2. The summed E-state index contributed by atoms with van der Waals surface area (Å²) in [6, 6.07) is 10.5. The number of nitrogens with one attached hydrogen (secondary N) is 1. The van der Waals surface area contributed by atoms with Gasteiger partial charge in [0.2, 0.25) is 11.8 Å². The third-order valence-electron chi connectivity index (χ3n) is 9.67. The number of carbonyl (C=O) groups is 2. The summed E-state index contributed by atoms with van der Waals surface area (Å²) in [6.45, 7) is 6.42. The zero-order chi connectivity index (χ0) is 28.5. The first-order valence-electron chi connectivity index (χ1n) is 15.4. The van der Waals surface area contributed by atoms with Crippen molar-refractivity contribution in [2.24, 2.45) is 11.8 Å². The molecule has 3 fully saturated rings. The minimum absolute atomic E-state index is 0.0211. The van der Waals surface area contributed by atoms with Crippen LogP contribution in [0.25, 0.3) is 22.0 Å². The Bertz CT molecular complexity index is 1400. The van der Waals surface area contributed by atoms with Crippen molar-refractivity contribution in [3.63, 3.8) is 0 Å². The molecule has 2 amide bonds. The number of fused-ring (bicyclic) bond motifs is 2. The Balaban J connectivity index is 1.33. The number of halogens is 1. The number of benzene rings is 2. The lowest BCUT2D eigenvalue weighted by atomic mass is 9.82. The Labute approximate surface area is 246 Å². The Hall–Kier alpha value is -2.84. The maximum Gasteiger partial charge on any atom is 0.246 e. The molecule has 1 saturated carbocycles. The van der Waals surface area contributed by atoms with Crippen LogP contribution < -0.4 is 5.32 Å². The van der Waals surface area contributed by atoms with Gasteiger partial charge < -0.3 is 10.2 Å². The standard InChI is InChI=1S/C33H41FN4O2S/c1-3-21(2)31(39)36-30(22-10-5-4-6-11-22)33(40)38-18-23-12-9-17-37(23)19-29(38)32-35-28(20-41-32)26-15-16-27(34)25-14-8-7-13-24(25)26/h7-8,13-16,20-23,29-30H,3-6,9-12,17-19H2,1-2H3,(H,36,39)/t21-,23-,29+,30+/m1/s1.